The van der Waals surface area contributed by atoms with Gasteiger partial charge < -0.3 is 0 Å². The van der Waals surface area contributed by atoms with Crippen molar-refractivity contribution in [3.05, 3.63) is 0 Å². The highest BCUT2D eigenvalue weighted by molar-refractivity contribution is 4.75. The Labute approximate surface area is 142 Å². The molecule has 0 amide bonds. The van der Waals surface area contributed by atoms with Crippen LogP contribution in [0.3, 0.4) is 0 Å². The quantitative estimate of drug-likeness (QED) is 0.331. The van der Waals surface area contributed by atoms with Crippen LogP contribution in [0.2, 0.25) is 0 Å². The van der Waals surface area contributed by atoms with Gasteiger partial charge in [-0.2, -0.15) is 20.5 Å². The van der Waals surface area contributed by atoms with Crippen LogP contribution >= 0.6 is 0 Å². The third-order valence-corrected chi connectivity index (χ3v) is 2.45. The Hall–Kier alpha value is -0.880. The molecule has 0 N–H and O–H groups in total. The molecule has 136 valence electrons. The molecule has 0 saturated heterocycles. The summed E-state index contributed by atoms with van der Waals surface area (Å²) in [7, 11) is 0. The molecule has 0 saturated carbocycles. The van der Waals surface area contributed by atoms with E-state index in [1.54, 1.807) is 0 Å². The summed E-state index contributed by atoms with van der Waals surface area (Å²) in [6, 6.07) is 0. The summed E-state index contributed by atoms with van der Waals surface area (Å²) in [5.74, 6) is 0.415. The van der Waals surface area contributed by atoms with Gasteiger partial charge in [-0.05, 0) is 61.3 Å². The number of hydrogen-bond acceptors (Lipinski definition) is 6. The number of hydrogen-bond donors (Lipinski definition) is 0. The van der Waals surface area contributed by atoms with Crippen LogP contribution in [0, 0.1) is 5.92 Å². The SMILES string of the molecule is CC(C)CC(C)(N=NC(C)(C)C)OOC(C)CN=NC(C)(C)C. The zero-order valence-corrected chi connectivity index (χ0v) is 16.7. The second-order valence-electron chi connectivity index (χ2n) is 8.73. The van der Waals surface area contributed by atoms with Gasteiger partial charge in [0, 0.05) is 6.42 Å². The highest BCUT2D eigenvalue weighted by Crippen LogP contribution is 2.25. The predicted molar refractivity (Wildman–Crippen MR) is 93.6 cm³/mol. The van der Waals surface area contributed by atoms with Gasteiger partial charge in [-0.1, -0.05) is 13.8 Å². The Kier molecular flexibility index (Phi) is 8.49. The van der Waals surface area contributed by atoms with Gasteiger partial charge in [0.05, 0.1) is 17.6 Å². The van der Waals surface area contributed by atoms with Crippen LogP contribution in [-0.4, -0.2) is 29.5 Å². The van der Waals surface area contributed by atoms with Crippen LogP contribution in [-0.2, 0) is 9.78 Å². The second-order valence-corrected chi connectivity index (χ2v) is 8.73. The van der Waals surface area contributed by atoms with Crippen LogP contribution in [0.4, 0.5) is 0 Å². The van der Waals surface area contributed by atoms with Crippen molar-refractivity contribution in [2.75, 3.05) is 6.54 Å². The summed E-state index contributed by atoms with van der Waals surface area (Å²) in [4.78, 5) is 11.1. The van der Waals surface area contributed by atoms with Gasteiger partial charge in [0.1, 0.15) is 6.10 Å². The molecule has 0 aromatic heterocycles. The fourth-order valence-electron chi connectivity index (χ4n) is 1.69. The minimum absolute atomic E-state index is 0.173. The molecule has 6 heteroatoms. The molecule has 6 nitrogen and oxygen atoms in total. The van der Waals surface area contributed by atoms with Crippen LogP contribution in [0.5, 0.6) is 0 Å². The lowest BCUT2D eigenvalue weighted by Crippen LogP contribution is -2.31. The van der Waals surface area contributed by atoms with Crippen LogP contribution < -0.4 is 0 Å². The second kappa shape index (κ2) is 8.83. The number of azo groups is 2. The summed E-state index contributed by atoms with van der Waals surface area (Å²) in [6.07, 6.45) is 0.528. The largest absolute Gasteiger partial charge is 0.229 e. The van der Waals surface area contributed by atoms with Gasteiger partial charge >= 0.3 is 0 Å². The van der Waals surface area contributed by atoms with E-state index in [-0.39, 0.29) is 17.2 Å². The van der Waals surface area contributed by atoms with Crippen molar-refractivity contribution in [2.45, 2.75) is 98.6 Å². The van der Waals surface area contributed by atoms with Gasteiger partial charge in [0.2, 0.25) is 5.72 Å². The van der Waals surface area contributed by atoms with Crippen LogP contribution in [0.15, 0.2) is 20.5 Å². The molecule has 0 radical (unpaired) electrons. The summed E-state index contributed by atoms with van der Waals surface area (Å²) in [6.45, 7) is 20.5. The molecule has 23 heavy (non-hydrogen) atoms. The molecule has 0 fully saturated rings. The molecule has 0 aliphatic rings. The zero-order chi connectivity index (χ0) is 18.3. The summed E-state index contributed by atoms with van der Waals surface area (Å²) in [5.41, 5.74) is -1.21. The van der Waals surface area contributed by atoms with Crippen molar-refractivity contribution >= 4 is 0 Å². The Bertz CT molecular complexity index is 394. The van der Waals surface area contributed by atoms with E-state index in [9.17, 15) is 0 Å². The normalized spacial score (nSPS) is 18.0. The van der Waals surface area contributed by atoms with E-state index < -0.39 is 5.72 Å². The summed E-state index contributed by atoms with van der Waals surface area (Å²) >= 11 is 0. The van der Waals surface area contributed by atoms with Gasteiger partial charge in [0.25, 0.3) is 0 Å². The number of rotatable bonds is 8. The maximum absolute atomic E-state index is 5.62. The van der Waals surface area contributed by atoms with Crippen molar-refractivity contribution in [3.63, 3.8) is 0 Å². The molecule has 0 bridgehead atoms. The molecular formula is C17H36N4O2. The fourth-order valence-corrected chi connectivity index (χ4v) is 1.69. The minimum atomic E-state index is -0.795. The first-order chi connectivity index (χ1) is 10.2. The summed E-state index contributed by atoms with van der Waals surface area (Å²) in [5, 5.41) is 17.1. The number of nitrogens with zero attached hydrogens (tertiary/aromatic N) is 4. The first-order valence-corrected chi connectivity index (χ1v) is 8.40. The highest BCUT2D eigenvalue weighted by Gasteiger charge is 2.29. The molecule has 0 aliphatic heterocycles. The summed E-state index contributed by atoms with van der Waals surface area (Å²) < 4.78 is 0. The molecule has 0 rings (SSSR count). The maximum atomic E-state index is 5.62. The van der Waals surface area contributed by atoms with E-state index >= 15 is 0 Å². The van der Waals surface area contributed by atoms with Crippen molar-refractivity contribution in [1.82, 2.24) is 0 Å². The third kappa shape index (κ3) is 13.3. The topological polar surface area (TPSA) is 67.9 Å². The molecule has 2 atom stereocenters. The highest BCUT2D eigenvalue weighted by atomic mass is 17.2. The van der Waals surface area contributed by atoms with Crippen LogP contribution in [0.1, 0.15) is 75.7 Å². The smallest absolute Gasteiger partial charge is 0.209 e. The van der Waals surface area contributed by atoms with Crippen molar-refractivity contribution in [3.8, 4) is 0 Å². The molecule has 0 aromatic carbocycles. The monoisotopic (exact) mass is 328 g/mol. The van der Waals surface area contributed by atoms with E-state index in [0.29, 0.717) is 12.5 Å². The van der Waals surface area contributed by atoms with Gasteiger partial charge in [-0.15, -0.1) is 0 Å². The van der Waals surface area contributed by atoms with Crippen molar-refractivity contribution < 1.29 is 9.78 Å². The molecule has 0 aromatic rings. The Morgan fingerprint density at radius 3 is 1.74 bits per heavy atom. The maximum Gasteiger partial charge on any atom is 0.209 e. The van der Waals surface area contributed by atoms with Crippen molar-refractivity contribution in [1.29, 1.82) is 0 Å². The average molecular weight is 329 g/mol. The molecule has 2 unspecified atom stereocenters. The van der Waals surface area contributed by atoms with E-state index in [1.165, 1.54) is 0 Å². The van der Waals surface area contributed by atoms with Gasteiger partial charge in [-0.3, -0.25) is 0 Å². The lowest BCUT2D eigenvalue weighted by molar-refractivity contribution is -0.378. The molecule has 0 spiro atoms. The Morgan fingerprint density at radius 1 is 0.783 bits per heavy atom. The van der Waals surface area contributed by atoms with Gasteiger partial charge in [-0.25, -0.2) is 9.78 Å². The Morgan fingerprint density at radius 2 is 1.30 bits per heavy atom. The van der Waals surface area contributed by atoms with E-state index in [0.717, 1.165) is 6.42 Å². The first-order valence-electron chi connectivity index (χ1n) is 8.40. The van der Waals surface area contributed by atoms with E-state index in [1.807, 2.05) is 55.4 Å². The fraction of sp³-hybridized carbons (Fsp3) is 1.00. The lowest BCUT2D eigenvalue weighted by atomic mass is 10.0. The predicted octanol–water partition coefficient (Wildman–Crippen LogP) is 5.59. The van der Waals surface area contributed by atoms with Gasteiger partial charge in [0.15, 0.2) is 0 Å². The van der Waals surface area contributed by atoms with E-state index in [2.05, 4.69) is 34.3 Å². The molecule has 0 aliphatic carbocycles. The van der Waals surface area contributed by atoms with E-state index in [4.69, 9.17) is 9.78 Å². The third-order valence-electron chi connectivity index (χ3n) is 2.45. The lowest BCUT2D eigenvalue weighted by Gasteiger charge is -2.27. The average Bonchev–Trinajstić information content (AvgIpc) is 2.31. The minimum Gasteiger partial charge on any atom is -0.229 e. The molecular weight excluding hydrogens is 292 g/mol. The first kappa shape index (κ1) is 22.1. The van der Waals surface area contributed by atoms with Crippen LogP contribution in [0.25, 0.3) is 0 Å². The van der Waals surface area contributed by atoms with Crippen molar-refractivity contribution in [2.24, 2.45) is 26.4 Å². The molecule has 0 heterocycles. The Balaban J connectivity index is 4.67. The standard InChI is InChI=1S/C17H36N4O2/c1-13(2)11-17(10,21-20-16(7,8)9)23-22-14(3)12-18-19-15(4,5)6/h13-14H,11-12H2,1-10H3. The zero-order valence-electron chi connectivity index (χ0n) is 16.7.